The molecule has 2 aromatic rings. The van der Waals surface area contributed by atoms with Crippen molar-refractivity contribution in [1.29, 1.82) is 0 Å². The quantitative estimate of drug-likeness (QED) is 0.324. The van der Waals surface area contributed by atoms with Gasteiger partial charge in [0.25, 0.3) is 0 Å². The third kappa shape index (κ3) is 7.13. The van der Waals surface area contributed by atoms with Gasteiger partial charge in [-0.1, -0.05) is 55.2 Å². The highest BCUT2D eigenvalue weighted by Crippen LogP contribution is 2.18. The highest BCUT2D eigenvalue weighted by atomic mass is 17.3. The summed E-state index contributed by atoms with van der Waals surface area (Å²) in [5, 5.41) is 0. The van der Waals surface area contributed by atoms with Crippen molar-refractivity contribution in [3.05, 3.63) is 84.0 Å². The minimum absolute atomic E-state index is 0.116. The molecule has 0 fully saturated rings. The average molecular weight is 384 g/mol. The predicted molar refractivity (Wildman–Crippen MR) is 102 cm³/mol. The van der Waals surface area contributed by atoms with Gasteiger partial charge in [-0.3, -0.25) is 9.78 Å². The second-order valence-electron chi connectivity index (χ2n) is 6.32. The summed E-state index contributed by atoms with van der Waals surface area (Å²) in [5.74, 6) is -1.36. The third-order valence-electron chi connectivity index (χ3n) is 3.88. The Morgan fingerprint density at radius 1 is 0.714 bits per heavy atom. The van der Waals surface area contributed by atoms with E-state index in [9.17, 15) is 9.59 Å². The standard InChI is InChI=1S/C22H24O6/c1-4-5-6-7-20(25-27-21(23)18-12-8-16(2)9-13-18)26-28-22(24)19-14-10-17(3)11-15-19/h8-15H,1,4-7H2,2-3H3. The van der Waals surface area contributed by atoms with Crippen LogP contribution < -0.4 is 0 Å². The van der Waals surface area contributed by atoms with Gasteiger partial charge in [0.15, 0.2) is 0 Å². The number of hydrogen-bond acceptors (Lipinski definition) is 6. The van der Waals surface area contributed by atoms with Gasteiger partial charge in [0.05, 0.1) is 11.1 Å². The largest absolute Gasteiger partial charge is 0.373 e. The minimum atomic E-state index is -0.678. The zero-order chi connectivity index (χ0) is 20.4. The van der Waals surface area contributed by atoms with Gasteiger partial charge in [-0.25, -0.2) is 9.59 Å². The first-order valence-corrected chi connectivity index (χ1v) is 9.05. The number of hydrogen-bond donors (Lipinski definition) is 0. The second kappa shape index (κ2) is 11.2. The van der Waals surface area contributed by atoms with Gasteiger partial charge in [0.1, 0.15) is 0 Å². The zero-order valence-electron chi connectivity index (χ0n) is 16.1. The molecule has 0 unspecified atom stereocenters. The summed E-state index contributed by atoms with van der Waals surface area (Å²) in [7, 11) is 0. The maximum absolute atomic E-state index is 12.0. The molecule has 2 aromatic carbocycles. The van der Waals surface area contributed by atoms with Crippen LogP contribution in [0.15, 0.2) is 48.5 Å². The number of carbonyl (C=O) groups excluding carboxylic acids is 2. The van der Waals surface area contributed by atoms with Gasteiger partial charge in [-0.15, -0.1) is 9.78 Å². The zero-order valence-corrected chi connectivity index (χ0v) is 16.1. The van der Waals surface area contributed by atoms with E-state index in [0.717, 1.165) is 24.0 Å². The van der Waals surface area contributed by atoms with Gasteiger partial charge in [0.2, 0.25) is 0 Å². The molecule has 6 heteroatoms. The van der Waals surface area contributed by atoms with E-state index in [-0.39, 0.29) is 12.7 Å². The molecule has 148 valence electrons. The van der Waals surface area contributed by atoms with Gasteiger partial charge < -0.3 is 0 Å². The van der Waals surface area contributed by atoms with Crippen LogP contribution in [0.25, 0.3) is 0 Å². The van der Waals surface area contributed by atoms with E-state index in [1.165, 1.54) is 0 Å². The van der Waals surface area contributed by atoms with Crippen LogP contribution in [-0.4, -0.2) is 11.9 Å². The van der Waals surface area contributed by atoms with Crippen LogP contribution in [0.4, 0.5) is 0 Å². The Labute approximate surface area is 165 Å². The molecule has 0 N–H and O–H groups in total. The molecule has 2 radical (unpaired) electrons. The topological polar surface area (TPSA) is 71.1 Å². The Bertz CT molecular complexity index is 690. The van der Waals surface area contributed by atoms with Crippen molar-refractivity contribution >= 4 is 11.9 Å². The third-order valence-corrected chi connectivity index (χ3v) is 3.88. The Kier molecular flexibility index (Phi) is 8.65. The summed E-state index contributed by atoms with van der Waals surface area (Å²) in [6.07, 6.45) is 2.39. The predicted octanol–water partition coefficient (Wildman–Crippen LogP) is 5.06. The Morgan fingerprint density at radius 2 is 1.14 bits per heavy atom. The lowest BCUT2D eigenvalue weighted by atomic mass is 10.2. The first kappa shape index (κ1) is 21.6. The summed E-state index contributed by atoms with van der Waals surface area (Å²) in [4.78, 5) is 43.7. The molecule has 0 atom stereocenters. The Hall–Kier alpha value is -2.70. The van der Waals surface area contributed by atoms with E-state index in [1.807, 2.05) is 13.8 Å². The summed E-state index contributed by atoms with van der Waals surface area (Å²) >= 11 is 0. The maximum atomic E-state index is 12.0. The van der Waals surface area contributed by atoms with Crippen LogP contribution in [0, 0.1) is 27.1 Å². The van der Waals surface area contributed by atoms with Crippen molar-refractivity contribution in [1.82, 2.24) is 0 Å². The molecule has 0 heterocycles. The first-order valence-electron chi connectivity index (χ1n) is 9.05. The van der Waals surface area contributed by atoms with E-state index in [2.05, 4.69) is 6.92 Å². The van der Waals surface area contributed by atoms with Crippen molar-refractivity contribution < 1.29 is 29.1 Å². The van der Waals surface area contributed by atoms with E-state index in [0.29, 0.717) is 17.5 Å². The summed E-state index contributed by atoms with van der Waals surface area (Å²) < 4.78 is 0. The normalized spacial score (nSPS) is 10.7. The molecule has 0 aliphatic carbocycles. The number of unbranched alkanes of at least 4 members (excludes halogenated alkanes) is 2. The van der Waals surface area contributed by atoms with Crippen LogP contribution in [0.3, 0.4) is 0 Å². The lowest BCUT2D eigenvalue weighted by Gasteiger charge is -2.13. The second-order valence-corrected chi connectivity index (χ2v) is 6.32. The molecule has 0 spiro atoms. The molecule has 0 aliphatic rings. The van der Waals surface area contributed by atoms with Gasteiger partial charge >= 0.3 is 18.2 Å². The smallest absolute Gasteiger partial charge is 0.289 e. The van der Waals surface area contributed by atoms with E-state index < -0.39 is 11.9 Å². The maximum Gasteiger partial charge on any atom is 0.373 e. The van der Waals surface area contributed by atoms with Crippen LogP contribution >= 0.6 is 0 Å². The SMILES string of the molecule is [CH2]CCCC[C](OOC(=O)c1ccc(C)cc1)OOC(=O)c1ccc(C)cc1. The minimum Gasteiger partial charge on any atom is -0.289 e. The van der Waals surface area contributed by atoms with Crippen molar-refractivity contribution in [3.63, 3.8) is 0 Å². The number of benzene rings is 2. The van der Waals surface area contributed by atoms with Crippen LogP contribution in [0.1, 0.15) is 57.5 Å². The molecule has 6 nitrogen and oxygen atoms in total. The van der Waals surface area contributed by atoms with Gasteiger partial charge in [-0.2, -0.15) is 0 Å². The van der Waals surface area contributed by atoms with E-state index in [4.69, 9.17) is 19.6 Å². The van der Waals surface area contributed by atoms with Crippen molar-refractivity contribution in [3.8, 4) is 0 Å². The molecule has 0 saturated carbocycles. The lowest BCUT2D eigenvalue weighted by Crippen LogP contribution is -2.16. The molecule has 0 saturated heterocycles. The van der Waals surface area contributed by atoms with Crippen molar-refractivity contribution in [2.45, 2.75) is 39.5 Å². The van der Waals surface area contributed by atoms with E-state index >= 15 is 0 Å². The molecule has 0 aliphatic heterocycles. The van der Waals surface area contributed by atoms with Gasteiger partial charge in [-0.05, 0) is 44.5 Å². The molecule has 0 amide bonds. The number of aryl methyl sites for hydroxylation is 2. The molecular weight excluding hydrogens is 360 g/mol. The lowest BCUT2D eigenvalue weighted by molar-refractivity contribution is -0.363. The van der Waals surface area contributed by atoms with Crippen LogP contribution in [0.5, 0.6) is 0 Å². The number of carbonyl (C=O) groups is 2. The fraction of sp³-hybridized carbons (Fsp3) is 0.273. The van der Waals surface area contributed by atoms with Crippen molar-refractivity contribution in [2.24, 2.45) is 0 Å². The van der Waals surface area contributed by atoms with Crippen molar-refractivity contribution in [2.75, 3.05) is 0 Å². The molecule has 2 rings (SSSR count). The monoisotopic (exact) mass is 384 g/mol. The Morgan fingerprint density at radius 3 is 1.54 bits per heavy atom. The summed E-state index contributed by atoms with van der Waals surface area (Å²) in [6, 6.07) is 13.7. The average Bonchev–Trinajstić information content (AvgIpc) is 2.70. The molecule has 0 aromatic heterocycles. The molecular formula is C22H24O6. The molecule has 0 bridgehead atoms. The summed E-state index contributed by atoms with van der Waals surface area (Å²) in [6.45, 7) is 7.59. The summed E-state index contributed by atoms with van der Waals surface area (Å²) in [5.41, 5.74) is 2.70. The Balaban J connectivity index is 1.89. The van der Waals surface area contributed by atoms with Crippen LogP contribution in [-0.2, 0) is 19.6 Å². The first-order chi connectivity index (χ1) is 13.5. The number of rotatable bonds is 10. The highest BCUT2D eigenvalue weighted by Gasteiger charge is 2.21. The van der Waals surface area contributed by atoms with E-state index in [1.54, 1.807) is 48.5 Å². The van der Waals surface area contributed by atoms with Crippen LogP contribution in [0.2, 0.25) is 0 Å². The molecule has 28 heavy (non-hydrogen) atoms. The fourth-order valence-electron chi connectivity index (χ4n) is 2.19. The van der Waals surface area contributed by atoms with Gasteiger partial charge in [0, 0.05) is 6.42 Å². The highest BCUT2D eigenvalue weighted by molar-refractivity contribution is 5.89. The fourth-order valence-corrected chi connectivity index (χ4v) is 2.19.